The number of hydrogen-bond acceptors (Lipinski definition) is 3. The first-order valence-corrected chi connectivity index (χ1v) is 6.32. The highest BCUT2D eigenvalue weighted by Crippen LogP contribution is 2.31. The van der Waals surface area contributed by atoms with Crippen molar-refractivity contribution >= 4 is 11.9 Å². The van der Waals surface area contributed by atoms with Gasteiger partial charge < -0.3 is 4.74 Å². The minimum absolute atomic E-state index is 0.535. The lowest BCUT2D eigenvalue weighted by Gasteiger charge is -2.05. The summed E-state index contributed by atoms with van der Waals surface area (Å²) in [6, 6.07) is 11.4. The van der Waals surface area contributed by atoms with Crippen LogP contribution in [0.3, 0.4) is 0 Å². The molecule has 0 fully saturated rings. The van der Waals surface area contributed by atoms with E-state index in [1.165, 1.54) is 0 Å². The normalized spacial score (nSPS) is 10.7. The average molecular weight is 266 g/mol. The molecule has 0 aliphatic rings. The second kappa shape index (κ2) is 4.81. The van der Waals surface area contributed by atoms with Crippen molar-refractivity contribution in [2.75, 3.05) is 7.11 Å². The Kier molecular flexibility index (Phi) is 2.99. The van der Waals surface area contributed by atoms with Gasteiger partial charge in [-0.15, -0.1) is 0 Å². The summed E-state index contributed by atoms with van der Waals surface area (Å²) < 4.78 is 7.17. The summed E-state index contributed by atoms with van der Waals surface area (Å²) in [5, 5.41) is 0. The lowest BCUT2D eigenvalue weighted by atomic mass is 10.1. The van der Waals surface area contributed by atoms with E-state index in [1.54, 1.807) is 7.11 Å². The Balaban J connectivity index is 2.36. The molecule has 4 nitrogen and oxygen atoms in total. The Morgan fingerprint density at radius 1 is 1.20 bits per heavy atom. The van der Waals surface area contributed by atoms with Gasteiger partial charge in [0.2, 0.25) is 0 Å². The molecule has 2 aromatic heterocycles. The number of hydrogen-bond donors (Lipinski definition) is 0. The Labute approximate surface area is 116 Å². The van der Waals surface area contributed by atoms with E-state index in [0.29, 0.717) is 17.1 Å². The number of pyridine rings is 1. The van der Waals surface area contributed by atoms with Crippen LogP contribution in [0.15, 0.2) is 42.6 Å². The fourth-order valence-corrected chi connectivity index (χ4v) is 2.37. The molecule has 0 radical (unpaired) electrons. The molecule has 3 aromatic rings. The third-order valence-electron chi connectivity index (χ3n) is 3.36. The predicted octanol–water partition coefficient (Wildman–Crippen LogP) is 3.13. The van der Waals surface area contributed by atoms with Crippen molar-refractivity contribution in [3.8, 4) is 17.0 Å². The summed E-state index contributed by atoms with van der Waals surface area (Å²) in [6.45, 7) is 1.98. The number of carbonyl (C=O) groups excluding carboxylic acids is 1. The van der Waals surface area contributed by atoms with E-state index in [9.17, 15) is 4.79 Å². The number of aromatic nitrogens is 2. The van der Waals surface area contributed by atoms with E-state index in [-0.39, 0.29) is 0 Å². The largest absolute Gasteiger partial charge is 0.496 e. The quantitative estimate of drug-likeness (QED) is 0.684. The highest BCUT2D eigenvalue weighted by molar-refractivity contribution is 5.88. The minimum atomic E-state index is 0.535. The molecule has 0 N–H and O–H groups in total. The molecule has 4 heteroatoms. The maximum Gasteiger partial charge on any atom is 0.169 e. The van der Waals surface area contributed by atoms with Gasteiger partial charge in [0, 0.05) is 11.8 Å². The Bertz CT molecular complexity index is 790. The second-order valence-corrected chi connectivity index (χ2v) is 4.55. The van der Waals surface area contributed by atoms with Crippen molar-refractivity contribution in [3.05, 3.63) is 53.9 Å². The van der Waals surface area contributed by atoms with Crippen LogP contribution in [0.4, 0.5) is 0 Å². The van der Waals surface area contributed by atoms with Gasteiger partial charge in [-0.3, -0.25) is 9.20 Å². The Morgan fingerprint density at radius 2 is 2.00 bits per heavy atom. The number of benzene rings is 1. The van der Waals surface area contributed by atoms with Gasteiger partial charge in [-0.25, -0.2) is 4.98 Å². The van der Waals surface area contributed by atoms with E-state index in [2.05, 4.69) is 4.98 Å². The maximum atomic E-state index is 11.5. The van der Waals surface area contributed by atoms with Crippen molar-refractivity contribution < 1.29 is 9.53 Å². The topological polar surface area (TPSA) is 43.6 Å². The van der Waals surface area contributed by atoms with Crippen molar-refractivity contribution in [1.82, 2.24) is 9.38 Å². The highest BCUT2D eigenvalue weighted by atomic mass is 16.5. The summed E-state index contributed by atoms with van der Waals surface area (Å²) in [7, 11) is 1.61. The van der Waals surface area contributed by atoms with Gasteiger partial charge in [0.1, 0.15) is 22.8 Å². The zero-order valence-corrected chi connectivity index (χ0v) is 11.3. The van der Waals surface area contributed by atoms with Crippen LogP contribution in [0.2, 0.25) is 0 Å². The number of methoxy groups -OCH3 is 1. The smallest absolute Gasteiger partial charge is 0.169 e. The summed E-state index contributed by atoms with van der Waals surface area (Å²) in [5.41, 5.74) is 3.81. The number of para-hydroxylation sites is 1. The number of imidazole rings is 1. The number of fused-ring (bicyclic) bond motifs is 1. The minimum Gasteiger partial charge on any atom is -0.496 e. The number of rotatable bonds is 3. The molecule has 0 unspecified atom stereocenters. The van der Waals surface area contributed by atoms with Crippen LogP contribution in [0.5, 0.6) is 5.75 Å². The van der Waals surface area contributed by atoms with Crippen molar-refractivity contribution in [1.29, 1.82) is 0 Å². The first-order chi connectivity index (χ1) is 9.76. The third-order valence-corrected chi connectivity index (χ3v) is 3.36. The molecule has 0 aliphatic heterocycles. The summed E-state index contributed by atoms with van der Waals surface area (Å²) in [6.07, 6.45) is 2.68. The fraction of sp³-hybridized carbons (Fsp3) is 0.125. The van der Waals surface area contributed by atoms with Gasteiger partial charge in [-0.2, -0.15) is 0 Å². The third kappa shape index (κ3) is 1.77. The van der Waals surface area contributed by atoms with Gasteiger partial charge in [0.05, 0.1) is 7.11 Å². The molecule has 0 spiro atoms. The van der Waals surface area contributed by atoms with Crippen molar-refractivity contribution in [3.63, 3.8) is 0 Å². The van der Waals surface area contributed by atoms with Crippen LogP contribution in [-0.2, 0) is 0 Å². The molecule has 20 heavy (non-hydrogen) atoms. The number of nitrogens with zero attached hydrogens (tertiary/aromatic N) is 2. The van der Waals surface area contributed by atoms with Gasteiger partial charge in [-0.05, 0) is 30.7 Å². The maximum absolute atomic E-state index is 11.5. The highest BCUT2D eigenvalue weighted by Gasteiger charge is 2.17. The first-order valence-electron chi connectivity index (χ1n) is 6.32. The van der Waals surface area contributed by atoms with Crippen molar-refractivity contribution in [2.24, 2.45) is 0 Å². The van der Waals surface area contributed by atoms with Crippen molar-refractivity contribution in [2.45, 2.75) is 6.92 Å². The first kappa shape index (κ1) is 12.4. The summed E-state index contributed by atoms with van der Waals surface area (Å²) in [4.78, 5) is 16.1. The molecule has 0 aliphatic carbocycles. The number of ether oxygens (including phenoxy) is 1. The van der Waals surface area contributed by atoms with Gasteiger partial charge in [0.15, 0.2) is 6.29 Å². The van der Waals surface area contributed by atoms with E-state index >= 15 is 0 Å². The molecule has 0 saturated heterocycles. The SMILES string of the molecule is COc1ccccc1-c1nc2c(C)cccn2c1C=O. The standard InChI is InChI=1S/C16H14N2O2/c1-11-6-5-9-18-13(10-19)15(17-16(11)18)12-7-3-4-8-14(12)20-2/h3-10H,1-2H3. The van der Waals surface area contributed by atoms with Gasteiger partial charge in [0.25, 0.3) is 0 Å². The molecule has 0 amide bonds. The van der Waals surface area contributed by atoms with Crippen LogP contribution < -0.4 is 4.74 Å². The molecule has 100 valence electrons. The van der Waals surface area contributed by atoms with Gasteiger partial charge in [-0.1, -0.05) is 18.2 Å². The van der Waals surface area contributed by atoms with E-state index in [1.807, 2.05) is 53.9 Å². The number of aldehydes is 1. The van der Waals surface area contributed by atoms with E-state index < -0.39 is 0 Å². The second-order valence-electron chi connectivity index (χ2n) is 4.55. The monoisotopic (exact) mass is 266 g/mol. The molecule has 0 bridgehead atoms. The van der Waals surface area contributed by atoms with Crippen LogP contribution in [0.1, 0.15) is 16.1 Å². The molecule has 2 heterocycles. The lowest BCUT2D eigenvalue weighted by Crippen LogP contribution is -1.94. The molecule has 3 rings (SSSR count). The molecule has 1 aromatic carbocycles. The lowest BCUT2D eigenvalue weighted by molar-refractivity contribution is 0.111. The van der Waals surface area contributed by atoms with Crippen LogP contribution in [-0.4, -0.2) is 22.8 Å². The zero-order chi connectivity index (χ0) is 14.1. The van der Waals surface area contributed by atoms with Crippen LogP contribution in [0.25, 0.3) is 16.9 Å². The molecular weight excluding hydrogens is 252 g/mol. The summed E-state index contributed by atoms with van der Waals surface area (Å²) >= 11 is 0. The molecule has 0 atom stereocenters. The number of aryl methyl sites for hydroxylation is 1. The van der Waals surface area contributed by atoms with Gasteiger partial charge >= 0.3 is 0 Å². The average Bonchev–Trinajstić information content (AvgIpc) is 2.87. The van der Waals surface area contributed by atoms with E-state index in [4.69, 9.17) is 4.74 Å². The summed E-state index contributed by atoms with van der Waals surface area (Å²) in [5.74, 6) is 0.705. The number of carbonyl (C=O) groups is 1. The Morgan fingerprint density at radius 3 is 2.75 bits per heavy atom. The molecule has 0 saturated carbocycles. The molecular formula is C16H14N2O2. The van der Waals surface area contributed by atoms with Crippen LogP contribution >= 0.6 is 0 Å². The zero-order valence-electron chi connectivity index (χ0n) is 11.3. The fourth-order valence-electron chi connectivity index (χ4n) is 2.37. The van der Waals surface area contributed by atoms with E-state index in [0.717, 1.165) is 23.1 Å². The Hall–Kier alpha value is -2.62. The predicted molar refractivity (Wildman–Crippen MR) is 77.3 cm³/mol. The van der Waals surface area contributed by atoms with Crippen LogP contribution in [0, 0.1) is 6.92 Å².